The number of nitrogen functional groups attached to an aromatic ring is 1. The number of nitrogens with two attached hydrogens (primary N) is 1. The van der Waals surface area contributed by atoms with Gasteiger partial charge in [-0.3, -0.25) is 9.69 Å². The van der Waals surface area contributed by atoms with Crippen molar-refractivity contribution in [1.29, 1.82) is 0 Å². The molecule has 1 aliphatic heterocycles. The van der Waals surface area contributed by atoms with Crippen LogP contribution in [0.25, 0.3) is 0 Å². The number of nitrogens with zero attached hydrogens (tertiary/aromatic N) is 1. The van der Waals surface area contributed by atoms with Gasteiger partial charge in [-0.1, -0.05) is 26.0 Å². The van der Waals surface area contributed by atoms with E-state index in [2.05, 4.69) is 18.7 Å². The summed E-state index contributed by atoms with van der Waals surface area (Å²) in [6.07, 6.45) is 2.26. The molecular weight excluding hydrogens is 264 g/mol. The molecule has 1 aromatic carbocycles. The van der Waals surface area contributed by atoms with Crippen molar-refractivity contribution in [1.82, 2.24) is 4.90 Å². The average Bonchev–Trinajstić information content (AvgIpc) is 3.00. The maximum atomic E-state index is 12.6. The van der Waals surface area contributed by atoms with E-state index in [1.807, 2.05) is 31.2 Å². The fraction of sp³-hybridized carbons (Fsp3) is 0.588. The molecule has 0 saturated carbocycles. The van der Waals surface area contributed by atoms with E-state index in [4.69, 9.17) is 10.5 Å². The zero-order chi connectivity index (χ0) is 15.7. The fourth-order valence-corrected chi connectivity index (χ4v) is 3.32. The Morgan fingerprint density at radius 2 is 1.67 bits per heavy atom. The number of hydrogen-bond acceptors (Lipinski definition) is 4. The molecule has 2 rings (SSSR count). The molecule has 0 bridgehead atoms. The van der Waals surface area contributed by atoms with E-state index >= 15 is 0 Å². The van der Waals surface area contributed by atoms with Gasteiger partial charge in [0.2, 0.25) is 0 Å². The van der Waals surface area contributed by atoms with E-state index in [-0.39, 0.29) is 11.4 Å². The van der Waals surface area contributed by atoms with E-state index in [9.17, 15) is 4.79 Å². The van der Waals surface area contributed by atoms with Crippen LogP contribution in [0.3, 0.4) is 0 Å². The van der Waals surface area contributed by atoms with E-state index in [1.165, 1.54) is 7.11 Å². The minimum Gasteiger partial charge on any atom is -0.468 e. The molecular formula is C17H26N2O2. The highest BCUT2D eigenvalue weighted by molar-refractivity contribution is 5.83. The number of esters is 1. The van der Waals surface area contributed by atoms with Crippen LogP contribution in [-0.2, 0) is 14.9 Å². The average molecular weight is 290 g/mol. The Kier molecular flexibility index (Phi) is 4.28. The molecule has 4 heteroatoms. The first kappa shape index (κ1) is 15.8. The first-order valence-corrected chi connectivity index (χ1v) is 7.53. The third-order valence-corrected chi connectivity index (χ3v) is 5.17. The number of rotatable bonds is 4. The lowest BCUT2D eigenvalue weighted by Crippen LogP contribution is -2.62. The van der Waals surface area contributed by atoms with Gasteiger partial charge >= 0.3 is 5.97 Å². The van der Waals surface area contributed by atoms with Crippen LogP contribution >= 0.6 is 0 Å². The van der Waals surface area contributed by atoms with Crippen molar-refractivity contribution in [2.24, 2.45) is 0 Å². The maximum Gasteiger partial charge on any atom is 0.326 e. The SMILES string of the molecule is COC(=O)C(C)(N1CCCC1)C(C)(C)c1ccc(N)cc1. The smallest absolute Gasteiger partial charge is 0.326 e. The Bertz CT molecular complexity index is 504. The second-order valence-corrected chi connectivity index (χ2v) is 6.50. The lowest BCUT2D eigenvalue weighted by Gasteiger charge is -2.48. The number of methoxy groups -OCH3 is 1. The highest BCUT2D eigenvalue weighted by atomic mass is 16.5. The van der Waals surface area contributed by atoms with Gasteiger partial charge in [-0.2, -0.15) is 0 Å². The van der Waals surface area contributed by atoms with Gasteiger partial charge in [-0.15, -0.1) is 0 Å². The van der Waals surface area contributed by atoms with Gasteiger partial charge in [0, 0.05) is 11.1 Å². The predicted molar refractivity (Wildman–Crippen MR) is 85.1 cm³/mol. The van der Waals surface area contributed by atoms with Crippen LogP contribution < -0.4 is 5.73 Å². The van der Waals surface area contributed by atoms with Crippen LogP contribution in [0, 0.1) is 0 Å². The summed E-state index contributed by atoms with van der Waals surface area (Å²) in [7, 11) is 1.47. The molecule has 0 spiro atoms. The monoisotopic (exact) mass is 290 g/mol. The van der Waals surface area contributed by atoms with Gasteiger partial charge in [0.15, 0.2) is 0 Å². The van der Waals surface area contributed by atoms with E-state index in [0.29, 0.717) is 0 Å². The van der Waals surface area contributed by atoms with E-state index < -0.39 is 5.54 Å². The molecule has 0 amide bonds. The lowest BCUT2D eigenvalue weighted by molar-refractivity contribution is -0.158. The van der Waals surface area contributed by atoms with Crippen LogP contribution in [0.1, 0.15) is 39.2 Å². The normalized spacial score (nSPS) is 19.2. The van der Waals surface area contributed by atoms with Crippen LogP contribution in [-0.4, -0.2) is 36.6 Å². The molecule has 1 fully saturated rings. The second-order valence-electron chi connectivity index (χ2n) is 6.50. The van der Waals surface area contributed by atoms with Gasteiger partial charge in [-0.05, 0) is 50.6 Å². The summed E-state index contributed by atoms with van der Waals surface area (Å²) in [5.74, 6) is -0.175. The van der Waals surface area contributed by atoms with Crippen LogP contribution in [0.15, 0.2) is 24.3 Å². The Labute approximate surface area is 127 Å². The highest BCUT2D eigenvalue weighted by Gasteiger charge is 2.53. The largest absolute Gasteiger partial charge is 0.468 e. The summed E-state index contributed by atoms with van der Waals surface area (Å²) in [5.41, 5.74) is 6.55. The molecule has 1 atom stereocenters. The second kappa shape index (κ2) is 5.68. The summed E-state index contributed by atoms with van der Waals surface area (Å²) in [6, 6.07) is 7.79. The molecule has 1 aliphatic rings. The van der Waals surface area contributed by atoms with Crippen LogP contribution in [0.4, 0.5) is 5.69 Å². The van der Waals surface area contributed by atoms with Crippen molar-refractivity contribution in [2.75, 3.05) is 25.9 Å². The van der Waals surface area contributed by atoms with E-state index in [1.54, 1.807) is 0 Å². The lowest BCUT2D eigenvalue weighted by atomic mass is 9.67. The Balaban J connectivity index is 2.47. The van der Waals surface area contributed by atoms with Crippen molar-refractivity contribution in [3.63, 3.8) is 0 Å². The van der Waals surface area contributed by atoms with Crippen molar-refractivity contribution < 1.29 is 9.53 Å². The van der Waals surface area contributed by atoms with Crippen LogP contribution in [0.5, 0.6) is 0 Å². The molecule has 1 aromatic rings. The Morgan fingerprint density at radius 1 is 1.14 bits per heavy atom. The zero-order valence-corrected chi connectivity index (χ0v) is 13.5. The van der Waals surface area contributed by atoms with E-state index in [0.717, 1.165) is 37.2 Å². The van der Waals surface area contributed by atoms with Crippen molar-refractivity contribution >= 4 is 11.7 Å². The molecule has 0 aliphatic carbocycles. The minimum absolute atomic E-state index is 0.175. The van der Waals surface area contributed by atoms with Crippen LogP contribution in [0.2, 0.25) is 0 Å². The number of carbonyl (C=O) groups excluding carboxylic acids is 1. The highest BCUT2D eigenvalue weighted by Crippen LogP contribution is 2.41. The number of anilines is 1. The number of likely N-dealkylation sites (tertiary alicyclic amines) is 1. The molecule has 4 nitrogen and oxygen atoms in total. The number of hydrogen-bond donors (Lipinski definition) is 1. The third kappa shape index (κ3) is 2.53. The molecule has 1 unspecified atom stereocenters. The first-order valence-electron chi connectivity index (χ1n) is 7.53. The summed E-state index contributed by atoms with van der Waals surface area (Å²) < 4.78 is 5.15. The summed E-state index contributed by atoms with van der Waals surface area (Å²) in [6.45, 7) is 8.08. The molecule has 0 aromatic heterocycles. The quantitative estimate of drug-likeness (QED) is 0.684. The zero-order valence-electron chi connectivity index (χ0n) is 13.5. The number of benzene rings is 1. The van der Waals surface area contributed by atoms with Crippen molar-refractivity contribution in [2.45, 2.75) is 44.6 Å². The first-order chi connectivity index (χ1) is 9.84. The van der Waals surface area contributed by atoms with Gasteiger partial charge in [0.25, 0.3) is 0 Å². The van der Waals surface area contributed by atoms with Crippen molar-refractivity contribution in [3.8, 4) is 0 Å². The molecule has 116 valence electrons. The summed E-state index contributed by atoms with van der Waals surface area (Å²) in [4.78, 5) is 14.9. The molecule has 2 N–H and O–H groups in total. The minimum atomic E-state index is -0.686. The molecule has 21 heavy (non-hydrogen) atoms. The number of ether oxygens (including phenoxy) is 1. The standard InChI is InChI=1S/C17H26N2O2/c1-16(2,13-7-9-14(18)10-8-13)17(3,15(20)21-4)19-11-5-6-12-19/h7-10H,5-6,11-12,18H2,1-4H3. The fourth-order valence-electron chi connectivity index (χ4n) is 3.32. The summed E-state index contributed by atoms with van der Waals surface area (Å²) >= 11 is 0. The Morgan fingerprint density at radius 3 is 2.14 bits per heavy atom. The topological polar surface area (TPSA) is 55.6 Å². The van der Waals surface area contributed by atoms with Gasteiger partial charge < -0.3 is 10.5 Å². The predicted octanol–water partition coefficient (Wildman–Crippen LogP) is 2.57. The molecule has 1 saturated heterocycles. The summed E-state index contributed by atoms with van der Waals surface area (Å²) in [5, 5.41) is 0. The van der Waals surface area contributed by atoms with Gasteiger partial charge in [0.05, 0.1) is 7.11 Å². The third-order valence-electron chi connectivity index (χ3n) is 5.17. The van der Waals surface area contributed by atoms with Crippen molar-refractivity contribution in [3.05, 3.63) is 29.8 Å². The Hall–Kier alpha value is -1.55. The maximum absolute atomic E-state index is 12.6. The number of carbonyl (C=O) groups is 1. The van der Waals surface area contributed by atoms with Gasteiger partial charge in [0.1, 0.15) is 5.54 Å². The molecule has 0 radical (unpaired) electrons. The van der Waals surface area contributed by atoms with Gasteiger partial charge in [-0.25, -0.2) is 0 Å². The molecule has 1 heterocycles.